The Morgan fingerprint density at radius 1 is 1.25 bits per heavy atom. The third kappa shape index (κ3) is 6.38. The van der Waals surface area contributed by atoms with E-state index in [9.17, 15) is 13.2 Å². The van der Waals surface area contributed by atoms with Crippen LogP contribution < -0.4 is 14.8 Å². The van der Waals surface area contributed by atoms with Gasteiger partial charge in [0.05, 0.1) is 13.7 Å². The molecule has 0 bridgehead atoms. The molecule has 0 aliphatic carbocycles. The minimum atomic E-state index is -4.22. The number of hydrogen-bond donors (Lipinski definition) is 1. The molecule has 7 heteroatoms. The topological polar surface area (TPSA) is 30.5 Å². The maximum Gasteiger partial charge on any atom is 0.441 e. The molecule has 0 aliphatic rings. The van der Waals surface area contributed by atoms with Gasteiger partial charge in [-0.3, -0.25) is 0 Å². The van der Waals surface area contributed by atoms with Crippen LogP contribution in [0.15, 0.2) is 18.2 Å². The molecule has 0 saturated heterocycles. The fourth-order valence-corrected chi connectivity index (χ4v) is 1.92. The van der Waals surface area contributed by atoms with Crippen LogP contribution in [0.4, 0.5) is 13.2 Å². The minimum Gasteiger partial charge on any atom is -0.493 e. The summed E-state index contributed by atoms with van der Waals surface area (Å²) in [5.74, 6) is 0.833. The predicted octanol–water partition coefficient (Wildman–Crippen LogP) is 3.44. The molecule has 1 rings (SSSR count). The fourth-order valence-electron chi connectivity index (χ4n) is 1.52. The summed E-state index contributed by atoms with van der Waals surface area (Å²) in [4.78, 5) is 0. The highest BCUT2D eigenvalue weighted by Crippen LogP contribution is 2.31. The second-order valence-corrected chi connectivity index (χ2v) is 5.07. The Morgan fingerprint density at radius 3 is 2.60 bits per heavy atom. The van der Waals surface area contributed by atoms with Gasteiger partial charge in [-0.05, 0) is 36.0 Å². The third-order valence-corrected chi connectivity index (χ3v) is 3.11. The van der Waals surface area contributed by atoms with Crippen LogP contribution in [0.2, 0.25) is 0 Å². The number of alkyl halides is 3. The Bertz CT molecular complexity index is 413. The van der Waals surface area contributed by atoms with Crippen LogP contribution in [-0.2, 0) is 6.54 Å². The van der Waals surface area contributed by atoms with Crippen molar-refractivity contribution in [3.63, 3.8) is 0 Å². The number of halogens is 3. The third-order valence-electron chi connectivity index (χ3n) is 2.41. The van der Waals surface area contributed by atoms with E-state index in [4.69, 9.17) is 9.47 Å². The van der Waals surface area contributed by atoms with Crippen LogP contribution >= 0.6 is 11.8 Å². The van der Waals surface area contributed by atoms with Crippen molar-refractivity contribution in [1.29, 1.82) is 0 Å². The average molecular weight is 309 g/mol. The van der Waals surface area contributed by atoms with Crippen molar-refractivity contribution < 1.29 is 22.6 Å². The zero-order chi connectivity index (χ0) is 15.0. The highest BCUT2D eigenvalue weighted by atomic mass is 32.2. The lowest BCUT2D eigenvalue weighted by Gasteiger charge is -2.12. The molecule has 0 heterocycles. The van der Waals surface area contributed by atoms with Crippen molar-refractivity contribution in [3.8, 4) is 11.5 Å². The number of hydrogen-bond acceptors (Lipinski definition) is 4. The number of thioether (sulfide) groups is 1. The van der Waals surface area contributed by atoms with Gasteiger partial charge in [0.2, 0.25) is 0 Å². The highest BCUT2D eigenvalue weighted by molar-refractivity contribution is 8.00. The summed E-state index contributed by atoms with van der Waals surface area (Å²) < 4.78 is 46.4. The van der Waals surface area contributed by atoms with Gasteiger partial charge in [0.25, 0.3) is 0 Å². The van der Waals surface area contributed by atoms with Gasteiger partial charge in [0.15, 0.2) is 11.5 Å². The minimum absolute atomic E-state index is 0.0207. The first-order chi connectivity index (χ1) is 9.46. The van der Waals surface area contributed by atoms with Crippen molar-refractivity contribution in [1.82, 2.24) is 5.32 Å². The molecular weight excluding hydrogens is 291 g/mol. The molecule has 0 aliphatic heterocycles. The Labute approximate surface area is 120 Å². The highest BCUT2D eigenvalue weighted by Gasteiger charge is 2.27. The second-order valence-electron chi connectivity index (χ2n) is 3.91. The summed E-state index contributed by atoms with van der Waals surface area (Å²) in [7, 11) is 1.50. The van der Waals surface area contributed by atoms with Gasteiger partial charge < -0.3 is 14.8 Å². The fraction of sp³-hybridized carbons (Fsp3) is 0.538. The summed E-state index contributed by atoms with van der Waals surface area (Å²) in [6.45, 7) is 3.55. The number of nitrogens with one attached hydrogen (secondary N) is 1. The molecule has 0 aromatic heterocycles. The molecule has 20 heavy (non-hydrogen) atoms. The van der Waals surface area contributed by atoms with E-state index in [0.29, 0.717) is 18.0 Å². The van der Waals surface area contributed by atoms with Gasteiger partial charge in [-0.25, -0.2) is 0 Å². The predicted molar refractivity (Wildman–Crippen MR) is 74.4 cm³/mol. The Morgan fingerprint density at radius 2 is 2.00 bits per heavy atom. The molecule has 0 atom stereocenters. The molecule has 1 N–H and O–H groups in total. The Kier molecular flexibility index (Phi) is 7.01. The quantitative estimate of drug-likeness (QED) is 0.745. The van der Waals surface area contributed by atoms with E-state index in [-0.39, 0.29) is 24.1 Å². The lowest BCUT2D eigenvalue weighted by molar-refractivity contribution is -0.0329. The standard InChI is InChI=1S/C13H18F3NO2S/c1-3-17-9-10-4-5-11(12(8-10)18-2)19-6-7-20-13(14,15)16/h4-5,8,17H,3,6-7,9H2,1-2H3. The van der Waals surface area contributed by atoms with Crippen LogP contribution in [0.3, 0.4) is 0 Å². The van der Waals surface area contributed by atoms with Crippen molar-refractivity contribution in [3.05, 3.63) is 23.8 Å². The first-order valence-corrected chi connectivity index (χ1v) is 7.16. The van der Waals surface area contributed by atoms with Gasteiger partial charge in [-0.15, -0.1) is 0 Å². The molecule has 0 unspecified atom stereocenters. The normalized spacial score (nSPS) is 11.4. The van der Waals surface area contributed by atoms with Gasteiger partial charge in [0, 0.05) is 12.3 Å². The summed E-state index contributed by atoms with van der Waals surface area (Å²) in [6, 6.07) is 5.38. The zero-order valence-corrected chi connectivity index (χ0v) is 12.2. The number of ether oxygens (including phenoxy) is 2. The maximum absolute atomic E-state index is 12.0. The SMILES string of the molecule is CCNCc1ccc(OCCSC(F)(F)F)c(OC)c1. The number of rotatable bonds is 8. The first-order valence-electron chi connectivity index (χ1n) is 6.17. The van der Waals surface area contributed by atoms with Crippen LogP contribution in [0.1, 0.15) is 12.5 Å². The Balaban J connectivity index is 2.52. The summed E-state index contributed by atoms with van der Waals surface area (Å²) >= 11 is -0.0953. The monoisotopic (exact) mass is 309 g/mol. The van der Waals surface area contributed by atoms with E-state index >= 15 is 0 Å². The van der Waals surface area contributed by atoms with E-state index in [1.54, 1.807) is 6.07 Å². The molecule has 0 saturated carbocycles. The number of benzene rings is 1. The maximum atomic E-state index is 12.0. The van der Waals surface area contributed by atoms with Crippen molar-refractivity contribution in [2.75, 3.05) is 26.0 Å². The van der Waals surface area contributed by atoms with Gasteiger partial charge in [-0.2, -0.15) is 13.2 Å². The van der Waals surface area contributed by atoms with Gasteiger partial charge in [0.1, 0.15) is 0 Å². The molecule has 114 valence electrons. The first kappa shape index (κ1) is 17.0. The van der Waals surface area contributed by atoms with Crippen molar-refractivity contribution >= 4 is 11.8 Å². The average Bonchev–Trinajstić information content (AvgIpc) is 2.40. The molecular formula is C13H18F3NO2S. The zero-order valence-electron chi connectivity index (χ0n) is 11.4. The van der Waals surface area contributed by atoms with Crippen LogP contribution in [0.5, 0.6) is 11.5 Å². The molecule has 1 aromatic carbocycles. The Hall–Kier alpha value is -1.08. The van der Waals surface area contributed by atoms with Crippen LogP contribution in [0.25, 0.3) is 0 Å². The van der Waals surface area contributed by atoms with Crippen molar-refractivity contribution in [2.45, 2.75) is 19.0 Å². The molecule has 0 amide bonds. The molecule has 0 spiro atoms. The molecule has 0 radical (unpaired) electrons. The van der Waals surface area contributed by atoms with Crippen molar-refractivity contribution in [2.24, 2.45) is 0 Å². The van der Waals surface area contributed by atoms with E-state index in [2.05, 4.69) is 5.32 Å². The summed E-state index contributed by atoms with van der Waals surface area (Å²) in [5.41, 5.74) is -3.19. The van der Waals surface area contributed by atoms with E-state index in [0.717, 1.165) is 12.1 Å². The molecule has 0 fully saturated rings. The summed E-state index contributed by atoms with van der Waals surface area (Å²) in [6.07, 6.45) is 0. The van der Waals surface area contributed by atoms with Crippen LogP contribution in [0, 0.1) is 0 Å². The van der Waals surface area contributed by atoms with Gasteiger partial charge in [-0.1, -0.05) is 13.0 Å². The van der Waals surface area contributed by atoms with Gasteiger partial charge >= 0.3 is 5.51 Å². The summed E-state index contributed by atoms with van der Waals surface area (Å²) in [5, 5.41) is 3.18. The van der Waals surface area contributed by atoms with E-state index < -0.39 is 5.51 Å². The van der Waals surface area contributed by atoms with E-state index in [1.807, 2.05) is 19.1 Å². The lowest BCUT2D eigenvalue weighted by atomic mass is 10.2. The number of methoxy groups -OCH3 is 1. The smallest absolute Gasteiger partial charge is 0.441 e. The lowest BCUT2D eigenvalue weighted by Crippen LogP contribution is -2.12. The van der Waals surface area contributed by atoms with E-state index in [1.165, 1.54) is 7.11 Å². The van der Waals surface area contributed by atoms with Crippen LogP contribution in [-0.4, -0.2) is 31.5 Å². The second kappa shape index (κ2) is 8.26. The molecule has 1 aromatic rings. The largest absolute Gasteiger partial charge is 0.493 e. The molecule has 3 nitrogen and oxygen atoms in total.